The highest BCUT2D eigenvalue weighted by atomic mass is 16.3. The van der Waals surface area contributed by atoms with Gasteiger partial charge in [0.15, 0.2) is 11.4 Å². The van der Waals surface area contributed by atoms with Crippen LogP contribution in [-0.4, -0.2) is 23.3 Å². The molecule has 1 N–H and O–H groups in total. The average Bonchev–Trinajstić information content (AvgIpc) is 2.77. The Bertz CT molecular complexity index is 915. The lowest BCUT2D eigenvalue weighted by Crippen LogP contribution is -2.42. The van der Waals surface area contributed by atoms with Crippen LogP contribution in [0.2, 0.25) is 0 Å². The van der Waals surface area contributed by atoms with Crippen molar-refractivity contribution in [2.75, 3.05) is 11.4 Å². The summed E-state index contributed by atoms with van der Waals surface area (Å²) < 4.78 is 0. The van der Waals surface area contributed by atoms with Gasteiger partial charge in [0.05, 0.1) is 12.1 Å². The van der Waals surface area contributed by atoms with Gasteiger partial charge in [0.25, 0.3) is 5.91 Å². The van der Waals surface area contributed by atoms with Crippen molar-refractivity contribution in [2.24, 2.45) is 0 Å². The first-order valence-corrected chi connectivity index (χ1v) is 8.62. The van der Waals surface area contributed by atoms with Crippen molar-refractivity contribution in [3.05, 3.63) is 76.9 Å². The Morgan fingerprint density at radius 1 is 1.19 bits per heavy atom. The number of hydrogen-bond acceptors (Lipinski definition) is 3. The Hall–Kier alpha value is -2.72. The maximum absolute atomic E-state index is 13.0. The van der Waals surface area contributed by atoms with E-state index in [0.717, 1.165) is 16.7 Å². The van der Waals surface area contributed by atoms with Crippen LogP contribution in [0.1, 0.15) is 40.4 Å². The monoisotopic (exact) mass is 349 g/mol. The van der Waals surface area contributed by atoms with Crippen LogP contribution in [0.3, 0.4) is 0 Å². The molecule has 0 saturated heterocycles. The first-order valence-electron chi connectivity index (χ1n) is 8.62. The molecule has 1 aliphatic rings. The van der Waals surface area contributed by atoms with E-state index < -0.39 is 11.5 Å². The summed E-state index contributed by atoms with van der Waals surface area (Å²) in [6.45, 7) is 9.83. The highest BCUT2D eigenvalue weighted by molar-refractivity contribution is 6.11. The number of Topliss-reactive ketones (excluding diaryl/α,β-unsaturated/α-hetero) is 1. The number of anilines is 1. The minimum Gasteiger partial charge on any atom is -0.375 e. The fraction of sp³-hybridized carbons (Fsp3) is 0.273. The fourth-order valence-electron chi connectivity index (χ4n) is 3.56. The molecule has 1 atom stereocenters. The van der Waals surface area contributed by atoms with E-state index in [-0.39, 0.29) is 12.2 Å². The molecule has 26 heavy (non-hydrogen) atoms. The molecule has 0 fully saturated rings. The van der Waals surface area contributed by atoms with Crippen molar-refractivity contribution in [3.63, 3.8) is 0 Å². The molecule has 0 saturated carbocycles. The zero-order valence-corrected chi connectivity index (χ0v) is 15.4. The molecule has 2 aromatic rings. The van der Waals surface area contributed by atoms with Gasteiger partial charge in [0, 0.05) is 17.7 Å². The number of nitrogens with zero attached hydrogens (tertiary/aromatic N) is 1. The molecule has 1 heterocycles. The molecule has 1 aliphatic heterocycles. The van der Waals surface area contributed by atoms with E-state index in [1.165, 1.54) is 4.90 Å². The topological polar surface area (TPSA) is 57.6 Å². The first kappa shape index (κ1) is 18.1. The lowest BCUT2D eigenvalue weighted by atomic mass is 9.87. The molecular weight excluding hydrogens is 326 g/mol. The number of hydrogen-bond donors (Lipinski definition) is 1. The van der Waals surface area contributed by atoms with Gasteiger partial charge in [-0.15, -0.1) is 0 Å². The van der Waals surface area contributed by atoms with Crippen molar-refractivity contribution in [2.45, 2.75) is 32.8 Å². The molecule has 1 amide bonds. The van der Waals surface area contributed by atoms with Gasteiger partial charge in [-0.2, -0.15) is 0 Å². The van der Waals surface area contributed by atoms with Crippen LogP contribution < -0.4 is 4.90 Å². The molecule has 134 valence electrons. The lowest BCUT2D eigenvalue weighted by Gasteiger charge is -2.23. The average molecular weight is 349 g/mol. The molecular formula is C22H23NO3. The first-order chi connectivity index (χ1) is 12.2. The Labute approximate surface area is 153 Å². The summed E-state index contributed by atoms with van der Waals surface area (Å²) in [6, 6.07) is 12.6. The van der Waals surface area contributed by atoms with Crippen molar-refractivity contribution in [1.29, 1.82) is 0 Å². The lowest BCUT2D eigenvalue weighted by molar-refractivity contribution is -0.135. The van der Waals surface area contributed by atoms with E-state index in [2.05, 4.69) is 6.58 Å². The van der Waals surface area contributed by atoms with Gasteiger partial charge in [-0.05, 0) is 32.4 Å². The standard InChI is InChI=1S/C22H23NO3/c1-14(2)13-23-19-8-6-5-7-18(19)22(26,21(23)25)12-20(24)17-10-9-15(3)11-16(17)4/h5-11,26H,1,12-13H2,2-4H3. The second kappa shape index (κ2) is 6.54. The number of amides is 1. The van der Waals surface area contributed by atoms with Gasteiger partial charge in [0.1, 0.15) is 0 Å². The Morgan fingerprint density at radius 2 is 1.88 bits per heavy atom. The zero-order valence-electron chi connectivity index (χ0n) is 15.4. The minimum absolute atomic E-state index is 0.245. The Kier molecular flexibility index (Phi) is 4.55. The van der Waals surface area contributed by atoms with Crippen LogP contribution >= 0.6 is 0 Å². The van der Waals surface area contributed by atoms with E-state index in [0.29, 0.717) is 23.4 Å². The number of benzene rings is 2. The molecule has 0 bridgehead atoms. The minimum atomic E-state index is -1.85. The Balaban J connectivity index is 1.99. The number of carbonyl (C=O) groups is 2. The SMILES string of the molecule is C=C(C)CN1C(=O)C(O)(CC(=O)c2ccc(C)cc2C)c2ccccc21. The molecule has 1 unspecified atom stereocenters. The number of aryl methyl sites for hydroxylation is 2. The van der Waals surface area contributed by atoms with Crippen LogP contribution in [0.15, 0.2) is 54.6 Å². The highest BCUT2D eigenvalue weighted by Gasteiger charge is 2.50. The second-order valence-corrected chi connectivity index (χ2v) is 7.14. The number of ketones is 1. The molecule has 0 aliphatic carbocycles. The summed E-state index contributed by atoms with van der Waals surface area (Å²) in [4.78, 5) is 27.4. The van der Waals surface area contributed by atoms with Crippen LogP contribution in [0.25, 0.3) is 0 Å². The summed E-state index contributed by atoms with van der Waals surface area (Å²) in [5.74, 6) is -0.717. The van der Waals surface area contributed by atoms with Gasteiger partial charge < -0.3 is 10.0 Å². The van der Waals surface area contributed by atoms with Gasteiger partial charge in [-0.25, -0.2) is 0 Å². The maximum atomic E-state index is 13.0. The summed E-state index contributed by atoms with van der Waals surface area (Å²) in [5, 5.41) is 11.2. The Morgan fingerprint density at radius 3 is 2.54 bits per heavy atom. The summed E-state index contributed by atoms with van der Waals surface area (Å²) in [7, 11) is 0. The highest BCUT2D eigenvalue weighted by Crippen LogP contribution is 2.43. The van der Waals surface area contributed by atoms with Gasteiger partial charge >= 0.3 is 0 Å². The zero-order chi connectivity index (χ0) is 19.1. The van der Waals surface area contributed by atoms with Crippen molar-refractivity contribution >= 4 is 17.4 Å². The van der Waals surface area contributed by atoms with Gasteiger partial charge in [-0.1, -0.05) is 54.1 Å². The predicted molar refractivity (Wildman–Crippen MR) is 102 cm³/mol. The van der Waals surface area contributed by atoms with Crippen LogP contribution in [0, 0.1) is 13.8 Å². The van der Waals surface area contributed by atoms with E-state index >= 15 is 0 Å². The van der Waals surface area contributed by atoms with Crippen molar-refractivity contribution < 1.29 is 14.7 Å². The largest absolute Gasteiger partial charge is 0.375 e. The smallest absolute Gasteiger partial charge is 0.264 e. The van der Waals surface area contributed by atoms with Crippen molar-refractivity contribution in [1.82, 2.24) is 0 Å². The normalized spacial score (nSPS) is 18.8. The van der Waals surface area contributed by atoms with Gasteiger partial charge in [-0.3, -0.25) is 9.59 Å². The molecule has 0 radical (unpaired) electrons. The fourth-order valence-corrected chi connectivity index (χ4v) is 3.56. The van der Waals surface area contributed by atoms with Gasteiger partial charge in [0.2, 0.25) is 0 Å². The number of carbonyl (C=O) groups excluding carboxylic acids is 2. The summed E-state index contributed by atoms with van der Waals surface area (Å²) in [5.41, 5.74) is 2.51. The third-order valence-corrected chi connectivity index (χ3v) is 4.77. The van der Waals surface area contributed by atoms with E-state index in [4.69, 9.17) is 0 Å². The van der Waals surface area contributed by atoms with Crippen LogP contribution in [0.5, 0.6) is 0 Å². The summed E-state index contributed by atoms with van der Waals surface area (Å²) in [6.07, 6.45) is -0.278. The molecule has 4 heteroatoms. The predicted octanol–water partition coefficient (Wildman–Crippen LogP) is 3.69. The second-order valence-electron chi connectivity index (χ2n) is 7.14. The summed E-state index contributed by atoms with van der Waals surface area (Å²) >= 11 is 0. The number of aliphatic hydroxyl groups is 1. The molecule has 0 spiro atoms. The van der Waals surface area contributed by atoms with E-state index in [1.807, 2.05) is 39.0 Å². The molecule has 3 rings (SSSR count). The van der Waals surface area contributed by atoms with E-state index in [1.54, 1.807) is 24.3 Å². The van der Waals surface area contributed by atoms with E-state index in [9.17, 15) is 14.7 Å². The van der Waals surface area contributed by atoms with Crippen LogP contribution in [-0.2, 0) is 10.4 Å². The third-order valence-electron chi connectivity index (χ3n) is 4.77. The number of fused-ring (bicyclic) bond motifs is 1. The number of para-hydroxylation sites is 1. The number of rotatable bonds is 5. The molecule has 4 nitrogen and oxygen atoms in total. The van der Waals surface area contributed by atoms with Crippen molar-refractivity contribution in [3.8, 4) is 0 Å². The third kappa shape index (κ3) is 2.97. The maximum Gasteiger partial charge on any atom is 0.264 e. The molecule has 2 aromatic carbocycles. The van der Waals surface area contributed by atoms with Crippen LogP contribution in [0.4, 0.5) is 5.69 Å². The molecule has 0 aromatic heterocycles. The quantitative estimate of drug-likeness (QED) is 0.662.